The zero-order chi connectivity index (χ0) is 25.7. The number of hydrogen-bond donors (Lipinski definition) is 2. The van der Waals surface area contributed by atoms with Crippen LogP contribution in [0.25, 0.3) is 0 Å². The lowest BCUT2D eigenvalue weighted by atomic mass is 9.78. The van der Waals surface area contributed by atoms with Crippen molar-refractivity contribution in [2.24, 2.45) is 17.8 Å². The summed E-state index contributed by atoms with van der Waals surface area (Å²) in [6.07, 6.45) is -8.31. The maximum atomic E-state index is 13.1. The van der Waals surface area contributed by atoms with Gasteiger partial charge in [-0.05, 0) is 68.2 Å². The highest BCUT2D eigenvalue weighted by atomic mass is 19.4. The van der Waals surface area contributed by atoms with Gasteiger partial charge in [0.25, 0.3) is 0 Å². The Morgan fingerprint density at radius 3 is 2.18 bits per heavy atom. The summed E-state index contributed by atoms with van der Waals surface area (Å²) in [4.78, 5) is 13.5. The molecule has 0 spiro atoms. The number of piperidine rings is 1. The SMILES string of the molecule is CC(CO)CC[C@H](CCC(F)(F)F)N1CC[C@@H](C(C)C(=O)O)C[C@H]1c1ccc(C(F)(F)F)cc1. The molecule has 1 aromatic carbocycles. The predicted octanol–water partition coefficient (Wildman–Crippen LogP) is 6.30. The van der Waals surface area contributed by atoms with Gasteiger partial charge in [-0.1, -0.05) is 26.0 Å². The zero-order valence-corrected chi connectivity index (χ0v) is 19.4. The Hall–Kier alpha value is -1.81. The first-order chi connectivity index (χ1) is 15.7. The molecule has 5 atom stereocenters. The summed E-state index contributed by atoms with van der Waals surface area (Å²) in [6.45, 7) is 3.64. The lowest BCUT2D eigenvalue weighted by molar-refractivity contribution is -0.145. The minimum absolute atomic E-state index is 0.0907. The van der Waals surface area contributed by atoms with E-state index in [9.17, 15) is 41.4 Å². The molecule has 0 aromatic heterocycles. The third-order valence-corrected chi connectivity index (χ3v) is 6.94. The van der Waals surface area contributed by atoms with Crippen LogP contribution in [0.3, 0.4) is 0 Å². The fourth-order valence-electron chi connectivity index (χ4n) is 4.70. The van der Waals surface area contributed by atoms with Crippen LogP contribution in [0.2, 0.25) is 0 Å². The molecule has 10 heteroatoms. The Balaban J connectivity index is 2.37. The van der Waals surface area contributed by atoms with Crippen LogP contribution >= 0.6 is 0 Å². The number of carbonyl (C=O) groups is 1. The Kier molecular flexibility index (Phi) is 9.82. The standard InChI is InChI=1S/C24H33F6NO3/c1-15(14-32)3-8-20(9-11-23(25,26)27)31-12-10-18(16(2)22(33)34)13-21(31)17-4-6-19(7-5-17)24(28,29)30/h4-7,15-16,18,20-21,32H,3,8-14H2,1-2H3,(H,33,34)/t15?,16?,18-,20-,21+/m1/s1. The molecule has 2 rings (SSSR count). The van der Waals surface area contributed by atoms with Crippen LogP contribution in [-0.4, -0.2) is 46.5 Å². The zero-order valence-electron chi connectivity index (χ0n) is 19.4. The number of carboxylic acid groups (broad SMARTS) is 1. The van der Waals surface area contributed by atoms with Crippen LogP contribution in [-0.2, 0) is 11.0 Å². The average molecular weight is 498 g/mol. The molecule has 2 unspecified atom stereocenters. The van der Waals surface area contributed by atoms with Gasteiger partial charge in [0.2, 0.25) is 0 Å². The second-order valence-electron chi connectivity index (χ2n) is 9.46. The molecule has 1 aromatic rings. The third kappa shape index (κ3) is 8.15. The maximum Gasteiger partial charge on any atom is 0.416 e. The first kappa shape index (κ1) is 28.4. The molecule has 1 heterocycles. The Bertz CT molecular complexity index is 780. The van der Waals surface area contributed by atoms with E-state index in [1.54, 1.807) is 13.8 Å². The van der Waals surface area contributed by atoms with E-state index < -0.39 is 48.3 Å². The van der Waals surface area contributed by atoms with Gasteiger partial charge in [-0.2, -0.15) is 26.3 Å². The van der Waals surface area contributed by atoms with Crippen molar-refractivity contribution in [3.05, 3.63) is 35.4 Å². The third-order valence-electron chi connectivity index (χ3n) is 6.94. The van der Waals surface area contributed by atoms with Crippen LogP contribution in [0.5, 0.6) is 0 Å². The number of aliphatic carboxylic acids is 1. The van der Waals surface area contributed by atoms with Crippen molar-refractivity contribution in [1.29, 1.82) is 0 Å². The lowest BCUT2D eigenvalue weighted by Gasteiger charge is -2.45. The summed E-state index contributed by atoms with van der Waals surface area (Å²) in [7, 11) is 0. The number of nitrogens with zero attached hydrogens (tertiary/aromatic N) is 1. The summed E-state index contributed by atoms with van der Waals surface area (Å²) in [5, 5.41) is 18.8. The van der Waals surface area contributed by atoms with Crippen molar-refractivity contribution in [3.8, 4) is 0 Å². The molecule has 0 amide bonds. The van der Waals surface area contributed by atoms with Gasteiger partial charge in [0.15, 0.2) is 0 Å². The van der Waals surface area contributed by atoms with E-state index in [0.717, 1.165) is 12.1 Å². The number of hydrogen-bond acceptors (Lipinski definition) is 3. The number of alkyl halides is 6. The van der Waals surface area contributed by atoms with E-state index in [1.165, 1.54) is 12.1 Å². The summed E-state index contributed by atoms with van der Waals surface area (Å²) >= 11 is 0. The largest absolute Gasteiger partial charge is 0.481 e. The lowest BCUT2D eigenvalue weighted by Crippen LogP contribution is -2.46. The molecular weight excluding hydrogens is 464 g/mol. The molecule has 1 aliphatic heterocycles. The van der Waals surface area contributed by atoms with Crippen LogP contribution in [0.15, 0.2) is 24.3 Å². The molecule has 2 N–H and O–H groups in total. The molecule has 1 saturated heterocycles. The molecule has 0 aliphatic carbocycles. The highest BCUT2D eigenvalue weighted by Gasteiger charge is 2.39. The number of benzene rings is 1. The van der Waals surface area contributed by atoms with Gasteiger partial charge in [-0.15, -0.1) is 0 Å². The molecular formula is C24H33F6NO3. The highest BCUT2D eigenvalue weighted by Crippen LogP contribution is 2.42. The second-order valence-corrected chi connectivity index (χ2v) is 9.46. The first-order valence-electron chi connectivity index (χ1n) is 11.6. The van der Waals surface area contributed by atoms with E-state index >= 15 is 0 Å². The summed E-state index contributed by atoms with van der Waals surface area (Å²) < 4.78 is 78.3. The molecule has 194 valence electrons. The quantitative estimate of drug-likeness (QED) is 0.373. The van der Waals surface area contributed by atoms with Gasteiger partial charge in [-0.3, -0.25) is 9.69 Å². The highest BCUT2D eigenvalue weighted by molar-refractivity contribution is 5.69. The Morgan fingerprint density at radius 1 is 1.06 bits per heavy atom. The smallest absolute Gasteiger partial charge is 0.416 e. The van der Waals surface area contributed by atoms with Gasteiger partial charge in [-0.25, -0.2) is 0 Å². The molecule has 34 heavy (non-hydrogen) atoms. The van der Waals surface area contributed by atoms with Crippen LogP contribution in [0.4, 0.5) is 26.3 Å². The molecule has 0 radical (unpaired) electrons. The molecule has 1 fully saturated rings. The van der Waals surface area contributed by atoms with Crippen molar-refractivity contribution in [3.63, 3.8) is 0 Å². The van der Waals surface area contributed by atoms with Gasteiger partial charge in [0, 0.05) is 25.1 Å². The number of carboxylic acids is 1. The average Bonchev–Trinajstić information content (AvgIpc) is 2.77. The van der Waals surface area contributed by atoms with Crippen LogP contribution in [0, 0.1) is 17.8 Å². The van der Waals surface area contributed by atoms with Crippen molar-refractivity contribution in [2.45, 2.75) is 76.8 Å². The van der Waals surface area contributed by atoms with Gasteiger partial charge in [0.05, 0.1) is 11.5 Å². The summed E-state index contributed by atoms with van der Waals surface area (Å²) in [6, 6.07) is 3.60. The summed E-state index contributed by atoms with van der Waals surface area (Å²) in [5.41, 5.74) is -0.290. The Morgan fingerprint density at radius 2 is 1.68 bits per heavy atom. The van der Waals surface area contributed by atoms with E-state index in [0.29, 0.717) is 37.8 Å². The van der Waals surface area contributed by atoms with Gasteiger partial charge in [0.1, 0.15) is 0 Å². The fraction of sp³-hybridized carbons (Fsp3) is 0.708. The number of aliphatic hydroxyl groups is 1. The molecule has 1 aliphatic rings. The minimum Gasteiger partial charge on any atom is -0.481 e. The van der Waals surface area contributed by atoms with E-state index in [2.05, 4.69) is 0 Å². The van der Waals surface area contributed by atoms with Crippen LogP contribution < -0.4 is 0 Å². The van der Waals surface area contributed by atoms with E-state index in [1.807, 2.05) is 4.90 Å². The number of likely N-dealkylation sites (tertiary alicyclic amines) is 1. The molecule has 0 bridgehead atoms. The van der Waals surface area contributed by atoms with Gasteiger partial charge >= 0.3 is 18.3 Å². The van der Waals surface area contributed by atoms with E-state index in [-0.39, 0.29) is 24.9 Å². The van der Waals surface area contributed by atoms with Crippen molar-refractivity contribution < 1.29 is 41.4 Å². The first-order valence-corrected chi connectivity index (χ1v) is 11.6. The topological polar surface area (TPSA) is 60.8 Å². The summed E-state index contributed by atoms with van der Waals surface area (Å²) in [5.74, 6) is -2.00. The maximum absolute atomic E-state index is 13.1. The number of halogens is 6. The number of rotatable bonds is 10. The van der Waals surface area contributed by atoms with Crippen LogP contribution in [0.1, 0.15) is 69.5 Å². The van der Waals surface area contributed by atoms with E-state index in [4.69, 9.17) is 0 Å². The normalized spacial score (nSPS) is 22.9. The predicted molar refractivity (Wildman–Crippen MR) is 115 cm³/mol. The second kappa shape index (κ2) is 11.7. The van der Waals surface area contributed by atoms with Gasteiger partial charge < -0.3 is 10.2 Å². The number of aliphatic hydroxyl groups excluding tert-OH is 1. The van der Waals surface area contributed by atoms with Crippen molar-refractivity contribution in [2.75, 3.05) is 13.2 Å². The monoisotopic (exact) mass is 497 g/mol. The molecule has 0 saturated carbocycles. The van der Waals surface area contributed by atoms with Crippen molar-refractivity contribution in [1.82, 2.24) is 4.90 Å². The van der Waals surface area contributed by atoms with Crippen molar-refractivity contribution >= 4 is 5.97 Å². The minimum atomic E-state index is -4.51. The molecule has 4 nitrogen and oxygen atoms in total. The fourth-order valence-corrected chi connectivity index (χ4v) is 4.70. The Labute approximate surface area is 195 Å².